The van der Waals surface area contributed by atoms with Crippen LogP contribution < -0.4 is 16.2 Å². The van der Waals surface area contributed by atoms with Crippen molar-refractivity contribution in [2.75, 3.05) is 11.5 Å². The van der Waals surface area contributed by atoms with Crippen molar-refractivity contribution in [1.29, 1.82) is 0 Å². The first-order chi connectivity index (χ1) is 8.16. The van der Waals surface area contributed by atoms with Gasteiger partial charge in [-0.1, -0.05) is 30.3 Å². The number of hydrogen-bond donors (Lipinski definition) is 2. The maximum Gasteiger partial charge on any atom is 0.122 e. The summed E-state index contributed by atoms with van der Waals surface area (Å²) in [5.74, 6) is 0.730. The minimum absolute atomic E-state index is 0.0146. The zero-order valence-corrected chi connectivity index (χ0v) is 9.76. The third-order valence-corrected chi connectivity index (χ3v) is 2.64. The van der Waals surface area contributed by atoms with E-state index >= 15 is 0 Å². The molecule has 4 N–H and O–H groups in total. The monoisotopic (exact) mass is 228 g/mol. The van der Waals surface area contributed by atoms with Gasteiger partial charge in [0.15, 0.2) is 0 Å². The zero-order chi connectivity index (χ0) is 12.3. The van der Waals surface area contributed by atoms with E-state index in [1.54, 1.807) is 12.1 Å². The first kappa shape index (κ1) is 11.3. The normalized spacial score (nSPS) is 12.1. The van der Waals surface area contributed by atoms with Gasteiger partial charge in [-0.3, -0.25) is 0 Å². The van der Waals surface area contributed by atoms with Gasteiger partial charge < -0.3 is 16.2 Å². The van der Waals surface area contributed by atoms with Crippen molar-refractivity contribution in [3.63, 3.8) is 0 Å². The third-order valence-electron chi connectivity index (χ3n) is 2.64. The van der Waals surface area contributed by atoms with Crippen LogP contribution in [0.25, 0.3) is 0 Å². The van der Waals surface area contributed by atoms with Crippen molar-refractivity contribution in [2.45, 2.75) is 13.0 Å². The van der Waals surface area contributed by atoms with Crippen molar-refractivity contribution >= 4 is 11.4 Å². The number of benzene rings is 2. The number of nitrogen functional groups attached to an aromatic ring is 2. The summed E-state index contributed by atoms with van der Waals surface area (Å²) < 4.78 is 5.80. The highest BCUT2D eigenvalue weighted by atomic mass is 16.5. The second-order valence-corrected chi connectivity index (χ2v) is 3.96. The van der Waals surface area contributed by atoms with Gasteiger partial charge in [0.25, 0.3) is 0 Å². The number of rotatable bonds is 3. The molecule has 0 aliphatic carbocycles. The largest absolute Gasteiger partial charge is 0.486 e. The molecule has 0 spiro atoms. The molecule has 17 heavy (non-hydrogen) atoms. The lowest BCUT2D eigenvalue weighted by Crippen LogP contribution is -2.03. The van der Waals surface area contributed by atoms with Crippen LogP contribution in [0.3, 0.4) is 0 Å². The quantitative estimate of drug-likeness (QED) is 0.794. The van der Waals surface area contributed by atoms with E-state index in [1.807, 2.05) is 43.3 Å². The van der Waals surface area contributed by atoms with Crippen LogP contribution in [0.5, 0.6) is 5.75 Å². The Morgan fingerprint density at radius 1 is 0.941 bits per heavy atom. The average Bonchev–Trinajstić information content (AvgIpc) is 2.35. The standard InChI is InChI=1S/C14H16N2O/c1-10(11-5-3-2-4-6-11)17-12-7-8-13(15)14(16)9-12/h2-10H,15-16H2,1H3. The van der Waals surface area contributed by atoms with Gasteiger partial charge in [-0.25, -0.2) is 0 Å². The molecule has 1 atom stereocenters. The van der Waals surface area contributed by atoms with E-state index in [0.29, 0.717) is 11.4 Å². The summed E-state index contributed by atoms with van der Waals surface area (Å²) in [6.07, 6.45) is -0.0146. The van der Waals surface area contributed by atoms with Gasteiger partial charge in [0, 0.05) is 6.07 Å². The van der Waals surface area contributed by atoms with E-state index in [0.717, 1.165) is 11.3 Å². The molecule has 0 heterocycles. The van der Waals surface area contributed by atoms with Crippen LogP contribution in [0.15, 0.2) is 48.5 Å². The fourth-order valence-corrected chi connectivity index (χ4v) is 1.62. The molecular formula is C14H16N2O. The number of hydrogen-bond acceptors (Lipinski definition) is 3. The van der Waals surface area contributed by atoms with Gasteiger partial charge in [0.05, 0.1) is 11.4 Å². The van der Waals surface area contributed by atoms with Crippen molar-refractivity contribution in [1.82, 2.24) is 0 Å². The Hall–Kier alpha value is -2.16. The van der Waals surface area contributed by atoms with E-state index in [9.17, 15) is 0 Å². The molecule has 0 fully saturated rings. The summed E-state index contributed by atoms with van der Waals surface area (Å²) in [5, 5.41) is 0. The maximum absolute atomic E-state index is 5.80. The molecule has 1 unspecified atom stereocenters. The molecule has 3 nitrogen and oxygen atoms in total. The van der Waals surface area contributed by atoms with Gasteiger partial charge in [-0.15, -0.1) is 0 Å². The van der Waals surface area contributed by atoms with E-state index in [4.69, 9.17) is 16.2 Å². The zero-order valence-electron chi connectivity index (χ0n) is 9.76. The molecule has 0 saturated carbocycles. The first-order valence-electron chi connectivity index (χ1n) is 5.53. The molecule has 2 aromatic rings. The Morgan fingerprint density at radius 3 is 2.29 bits per heavy atom. The maximum atomic E-state index is 5.80. The molecule has 0 bridgehead atoms. The average molecular weight is 228 g/mol. The molecule has 0 amide bonds. The van der Waals surface area contributed by atoms with Crippen molar-refractivity contribution in [3.05, 3.63) is 54.1 Å². The lowest BCUT2D eigenvalue weighted by Gasteiger charge is -2.15. The Labute approximate surface area is 101 Å². The summed E-state index contributed by atoms with van der Waals surface area (Å²) in [5.41, 5.74) is 13.6. The fourth-order valence-electron chi connectivity index (χ4n) is 1.62. The van der Waals surface area contributed by atoms with Crippen LogP contribution in [0.2, 0.25) is 0 Å². The van der Waals surface area contributed by atoms with Crippen LogP contribution in [-0.4, -0.2) is 0 Å². The summed E-state index contributed by atoms with van der Waals surface area (Å²) in [6.45, 7) is 2.00. The van der Waals surface area contributed by atoms with Gasteiger partial charge in [0.2, 0.25) is 0 Å². The molecule has 0 radical (unpaired) electrons. The van der Waals surface area contributed by atoms with Crippen molar-refractivity contribution < 1.29 is 4.74 Å². The summed E-state index contributed by atoms with van der Waals surface area (Å²) >= 11 is 0. The molecule has 0 aromatic heterocycles. The molecule has 2 aromatic carbocycles. The van der Waals surface area contributed by atoms with E-state index in [2.05, 4.69) is 0 Å². The highest BCUT2D eigenvalue weighted by Crippen LogP contribution is 2.26. The number of nitrogens with two attached hydrogens (primary N) is 2. The van der Waals surface area contributed by atoms with E-state index in [1.165, 1.54) is 0 Å². The van der Waals surface area contributed by atoms with Crippen LogP contribution >= 0.6 is 0 Å². The highest BCUT2D eigenvalue weighted by Gasteiger charge is 2.07. The highest BCUT2D eigenvalue weighted by molar-refractivity contribution is 5.65. The predicted octanol–water partition coefficient (Wildman–Crippen LogP) is 2.99. The van der Waals surface area contributed by atoms with Gasteiger partial charge in [-0.2, -0.15) is 0 Å². The summed E-state index contributed by atoms with van der Waals surface area (Å²) in [4.78, 5) is 0. The molecule has 3 heteroatoms. The van der Waals surface area contributed by atoms with Crippen LogP contribution in [0, 0.1) is 0 Å². The van der Waals surface area contributed by atoms with Crippen molar-refractivity contribution in [2.24, 2.45) is 0 Å². The first-order valence-corrected chi connectivity index (χ1v) is 5.53. The Bertz CT molecular complexity index is 497. The second-order valence-electron chi connectivity index (χ2n) is 3.96. The van der Waals surface area contributed by atoms with E-state index < -0.39 is 0 Å². The van der Waals surface area contributed by atoms with Crippen LogP contribution in [-0.2, 0) is 0 Å². The predicted molar refractivity (Wildman–Crippen MR) is 70.8 cm³/mol. The molecule has 0 aliphatic heterocycles. The molecule has 0 aliphatic rings. The molecule has 88 valence electrons. The lowest BCUT2D eigenvalue weighted by molar-refractivity contribution is 0.227. The SMILES string of the molecule is CC(Oc1ccc(N)c(N)c1)c1ccccc1. The molecule has 0 saturated heterocycles. The minimum Gasteiger partial charge on any atom is -0.486 e. The van der Waals surface area contributed by atoms with Crippen LogP contribution in [0.1, 0.15) is 18.6 Å². The van der Waals surface area contributed by atoms with Gasteiger partial charge in [0.1, 0.15) is 11.9 Å². The minimum atomic E-state index is -0.0146. The van der Waals surface area contributed by atoms with Gasteiger partial charge >= 0.3 is 0 Å². The Balaban J connectivity index is 2.13. The Kier molecular flexibility index (Phi) is 3.19. The second kappa shape index (κ2) is 4.78. The molecule has 2 rings (SSSR count). The molecular weight excluding hydrogens is 212 g/mol. The summed E-state index contributed by atoms with van der Waals surface area (Å²) in [6, 6.07) is 15.4. The number of ether oxygens (including phenoxy) is 1. The van der Waals surface area contributed by atoms with Gasteiger partial charge in [-0.05, 0) is 24.6 Å². The van der Waals surface area contributed by atoms with E-state index in [-0.39, 0.29) is 6.10 Å². The third kappa shape index (κ3) is 2.69. The summed E-state index contributed by atoms with van der Waals surface area (Å²) in [7, 11) is 0. The number of anilines is 2. The smallest absolute Gasteiger partial charge is 0.122 e. The topological polar surface area (TPSA) is 61.3 Å². The lowest BCUT2D eigenvalue weighted by atomic mass is 10.1. The Morgan fingerprint density at radius 2 is 1.65 bits per heavy atom. The van der Waals surface area contributed by atoms with Crippen molar-refractivity contribution in [3.8, 4) is 5.75 Å². The fraction of sp³-hybridized carbons (Fsp3) is 0.143. The van der Waals surface area contributed by atoms with Crippen LogP contribution in [0.4, 0.5) is 11.4 Å².